The molecule has 5 nitrogen and oxygen atoms in total. The number of rotatable bonds is 3. The van der Waals surface area contributed by atoms with Gasteiger partial charge in [-0.15, -0.1) is 0 Å². The van der Waals surface area contributed by atoms with Gasteiger partial charge in [0.1, 0.15) is 34.4 Å². The molecule has 0 saturated heterocycles. The van der Waals surface area contributed by atoms with Crippen LogP contribution in [-0.4, -0.2) is 19.2 Å². The lowest BCUT2D eigenvalue weighted by atomic mass is 9.95. The first kappa shape index (κ1) is 18.7. The van der Waals surface area contributed by atoms with E-state index in [1.54, 1.807) is 10.7 Å². The van der Waals surface area contributed by atoms with Crippen molar-refractivity contribution in [2.45, 2.75) is 38.1 Å². The van der Waals surface area contributed by atoms with E-state index in [9.17, 15) is 13.6 Å². The van der Waals surface area contributed by atoms with Crippen molar-refractivity contribution in [3.63, 3.8) is 0 Å². The van der Waals surface area contributed by atoms with Gasteiger partial charge in [0.25, 0.3) is 5.56 Å². The van der Waals surface area contributed by atoms with Crippen LogP contribution >= 0.6 is 0 Å². The van der Waals surface area contributed by atoms with Crippen LogP contribution in [0, 0.1) is 11.6 Å². The molecule has 0 spiro atoms. The van der Waals surface area contributed by atoms with Crippen LogP contribution in [-0.2, 0) is 0 Å². The monoisotopic (exact) mass is 406 g/mol. The zero-order valence-electron chi connectivity index (χ0n) is 16.3. The topological polar surface area (TPSA) is 52.2 Å². The van der Waals surface area contributed by atoms with Crippen LogP contribution in [0.15, 0.2) is 59.5 Å². The van der Waals surface area contributed by atoms with Crippen LogP contribution in [0.4, 0.5) is 8.78 Å². The van der Waals surface area contributed by atoms with Crippen molar-refractivity contribution in [1.29, 1.82) is 0 Å². The highest BCUT2D eigenvalue weighted by Gasteiger charge is 2.22. The number of halogens is 2. The molecule has 1 aromatic carbocycles. The average Bonchev–Trinajstić information content (AvgIpc) is 3.14. The summed E-state index contributed by atoms with van der Waals surface area (Å²) in [5, 5.41) is 4.67. The Morgan fingerprint density at radius 3 is 2.60 bits per heavy atom. The Kier molecular flexibility index (Phi) is 4.65. The Morgan fingerprint density at radius 1 is 0.967 bits per heavy atom. The lowest BCUT2D eigenvalue weighted by Gasteiger charge is -2.23. The van der Waals surface area contributed by atoms with Gasteiger partial charge in [0.05, 0.1) is 6.04 Å². The van der Waals surface area contributed by atoms with Gasteiger partial charge in [0.15, 0.2) is 0 Å². The first-order chi connectivity index (χ1) is 14.6. The van der Waals surface area contributed by atoms with Gasteiger partial charge in [-0.3, -0.25) is 9.20 Å². The van der Waals surface area contributed by atoms with Gasteiger partial charge < -0.3 is 0 Å². The summed E-state index contributed by atoms with van der Waals surface area (Å²) in [6.45, 7) is 0. The van der Waals surface area contributed by atoms with E-state index in [0.717, 1.165) is 31.7 Å². The van der Waals surface area contributed by atoms with Crippen LogP contribution in [0.2, 0.25) is 0 Å². The maximum absolute atomic E-state index is 14.6. The van der Waals surface area contributed by atoms with E-state index >= 15 is 0 Å². The second-order valence-corrected chi connectivity index (χ2v) is 7.66. The maximum atomic E-state index is 14.6. The SMILES string of the molecule is O=c1ccc(-c2c(-c3ccc(F)cc3F)nc3ccccn23)nn1C1CCCCC1. The number of imidazole rings is 1. The average molecular weight is 406 g/mol. The highest BCUT2D eigenvalue weighted by molar-refractivity contribution is 5.80. The molecule has 5 rings (SSSR count). The predicted octanol–water partition coefficient (Wildman–Crippen LogP) is 5.01. The third-order valence-electron chi connectivity index (χ3n) is 5.70. The molecule has 0 amide bonds. The van der Waals surface area contributed by atoms with Crippen LogP contribution in [0.3, 0.4) is 0 Å². The molecule has 3 aromatic heterocycles. The molecule has 3 heterocycles. The molecule has 0 radical (unpaired) electrons. The normalized spacial score (nSPS) is 15.0. The van der Waals surface area contributed by atoms with Crippen molar-refractivity contribution < 1.29 is 8.78 Å². The Bertz CT molecular complexity index is 1290. The first-order valence-corrected chi connectivity index (χ1v) is 10.1. The van der Waals surface area contributed by atoms with Gasteiger partial charge in [0.2, 0.25) is 0 Å². The third kappa shape index (κ3) is 3.20. The minimum atomic E-state index is -0.694. The summed E-state index contributed by atoms with van der Waals surface area (Å²) < 4.78 is 31.5. The Hall–Kier alpha value is -3.35. The summed E-state index contributed by atoms with van der Waals surface area (Å²) in [7, 11) is 0. The molecule has 4 aromatic rings. The fourth-order valence-corrected chi connectivity index (χ4v) is 4.25. The van der Waals surface area contributed by atoms with Gasteiger partial charge >= 0.3 is 0 Å². The Morgan fingerprint density at radius 2 is 1.80 bits per heavy atom. The summed E-state index contributed by atoms with van der Waals surface area (Å²) in [6, 6.07) is 12.2. The molecule has 152 valence electrons. The molecular weight excluding hydrogens is 386 g/mol. The predicted molar refractivity (Wildman–Crippen MR) is 110 cm³/mol. The molecule has 0 aliphatic heterocycles. The van der Waals surface area contributed by atoms with E-state index < -0.39 is 11.6 Å². The molecule has 7 heteroatoms. The second kappa shape index (κ2) is 7.48. The standard InChI is InChI=1S/C23H20F2N4O/c24-15-9-10-17(18(25)14-15)22-23(28-13-5-4-8-20(28)26-22)19-11-12-21(30)29(27-19)16-6-2-1-3-7-16/h4-5,8-14,16H,1-3,6-7H2. The van der Waals surface area contributed by atoms with Crippen LogP contribution in [0.5, 0.6) is 0 Å². The van der Waals surface area contributed by atoms with E-state index in [1.807, 2.05) is 28.8 Å². The lowest BCUT2D eigenvalue weighted by Crippen LogP contribution is -2.28. The third-order valence-corrected chi connectivity index (χ3v) is 5.70. The zero-order valence-corrected chi connectivity index (χ0v) is 16.3. The van der Waals surface area contributed by atoms with Crippen LogP contribution < -0.4 is 5.56 Å². The molecule has 1 saturated carbocycles. The second-order valence-electron chi connectivity index (χ2n) is 7.66. The van der Waals surface area contributed by atoms with Crippen molar-refractivity contribution >= 4 is 5.65 Å². The lowest BCUT2D eigenvalue weighted by molar-refractivity contribution is 0.319. The fraction of sp³-hybridized carbons (Fsp3) is 0.261. The molecular formula is C23H20F2N4O. The summed E-state index contributed by atoms with van der Waals surface area (Å²) in [4.78, 5) is 17.1. The molecule has 1 fully saturated rings. The van der Waals surface area contributed by atoms with Gasteiger partial charge in [-0.25, -0.2) is 18.4 Å². The van der Waals surface area contributed by atoms with Crippen molar-refractivity contribution in [3.8, 4) is 22.6 Å². The van der Waals surface area contributed by atoms with Crippen LogP contribution in [0.1, 0.15) is 38.1 Å². The first-order valence-electron chi connectivity index (χ1n) is 10.1. The van der Waals surface area contributed by atoms with Crippen molar-refractivity contribution in [1.82, 2.24) is 19.2 Å². The molecule has 0 bridgehead atoms. The largest absolute Gasteiger partial charge is 0.298 e. The number of pyridine rings is 1. The van der Waals surface area contributed by atoms with E-state index in [-0.39, 0.29) is 17.2 Å². The fourth-order valence-electron chi connectivity index (χ4n) is 4.25. The summed E-state index contributed by atoms with van der Waals surface area (Å²) in [5.74, 6) is -1.34. The number of aromatic nitrogens is 4. The quantitative estimate of drug-likeness (QED) is 0.481. The number of benzene rings is 1. The zero-order chi connectivity index (χ0) is 20.7. The minimum Gasteiger partial charge on any atom is -0.298 e. The summed E-state index contributed by atoms with van der Waals surface area (Å²) in [6.07, 6.45) is 6.98. The number of hydrogen-bond donors (Lipinski definition) is 0. The molecule has 1 aliphatic carbocycles. The van der Waals surface area contributed by atoms with E-state index in [1.165, 1.54) is 24.6 Å². The van der Waals surface area contributed by atoms with E-state index in [4.69, 9.17) is 0 Å². The van der Waals surface area contributed by atoms with Crippen molar-refractivity contribution in [2.75, 3.05) is 0 Å². The number of nitrogens with zero attached hydrogens (tertiary/aromatic N) is 4. The van der Waals surface area contributed by atoms with Crippen molar-refractivity contribution in [2.24, 2.45) is 0 Å². The summed E-state index contributed by atoms with van der Waals surface area (Å²) in [5.41, 5.74) is 2.11. The molecule has 0 N–H and O–H groups in total. The van der Waals surface area contributed by atoms with E-state index in [0.29, 0.717) is 22.7 Å². The smallest absolute Gasteiger partial charge is 0.267 e. The van der Waals surface area contributed by atoms with Gasteiger partial charge in [-0.05, 0) is 43.2 Å². The molecule has 30 heavy (non-hydrogen) atoms. The summed E-state index contributed by atoms with van der Waals surface area (Å²) >= 11 is 0. The Balaban J connectivity index is 1.74. The van der Waals surface area contributed by atoms with Gasteiger partial charge in [-0.2, -0.15) is 5.10 Å². The highest BCUT2D eigenvalue weighted by Crippen LogP contribution is 2.34. The molecule has 1 aliphatic rings. The highest BCUT2D eigenvalue weighted by atomic mass is 19.1. The minimum absolute atomic E-state index is 0.0661. The number of fused-ring (bicyclic) bond motifs is 1. The maximum Gasteiger partial charge on any atom is 0.267 e. The Labute approximate surface area is 171 Å². The molecule has 0 unspecified atom stereocenters. The van der Waals surface area contributed by atoms with Crippen molar-refractivity contribution in [3.05, 3.63) is 76.7 Å². The molecule has 0 atom stereocenters. The van der Waals surface area contributed by atoms with E-state index in [2.05, 4.69) is 10.1 Å². The van der Waals surface area contributed by atoms with Gasteiger partial charge in [0, 0.05) is 23.9 Å². The van der Waals surface area contributed by atoms with Crippen LogP contribution in [0.25, 0.3) is 28.3 Å². The van der Waals surface area contributed by atoms with Gasteiger partial charge in [-0.1, -0.05) is 25.3 Å². The number of hydrogen-bond acceptors (Lipinski definition) is 3.